The third kappa shape index (κ3) is 2.09. The first kappa shape index (κ1) is 8.78. The molecule has 0 aliphatic rings. The van der Waals surface area contributed by atoms with Gasteiger partial charge in [-0.1, -0.05) is 25.2 Å². The van der Waals surface area contributed by atoms with Gasteiger partial charge in [0, 0.05) is 5.56 Å². The van der Waals surface area contributed by atoms with Crippen LogP contribution in [0.1, 0.15) is 31.5 Å². The Morgan fingerprint density at radius 1 is 1.50 bits per heavy atom. The van der Waals surface area contributed by atoms with Crippen molar-refractivity contribution in [2.45, 2.75) is 20.3 Å². The summed E-state index contributed by atoms with van der Waals surface area (Å²) in [6.45, 7) is 4.11. The van der Waals surface area contributed by atoms with E-state index in [9.17, 15) is 0 Å². The van der Waals surface area contributed by atoms with Crippen LogP contribution in [0.25, 0.3) is 12.2 Å². The molecule has 0 bridgehead atoms. The van der Waals surface area contributed by atoms with Crippen LogP contribution in [-0.4, -0.2) is 10.2 Å². The van der Waals surface area contributed by atoms with E-state index in [2.05, 4.69) is 29.3 Å². The molecule has 0 atom stereocenters. The molecular weight excluding hydrogens is 148 g/mol. The van der Waals surface area contributed by atoms with Gasteiger partial charge < -0.3 is 0 Å². The van der Waals surface area contributed by atoms with Crippen molar-refractivity contribution in [3.05, 3.63) is 29.6 Å². The minimum absolute atomic E-state index is 1.05. The number of nitrogens with zero attached hydrogens (tertiary/aromatic N) is 1. The van der Waals surface area contributed by atoms with Crippen molar-refractivity contribution >= 4 is 12.2 Å². The summed E-state index contributed by atoms with van der Waals surface area (Å²) in [7, 11) is 0. The number of H-pyrrole nitrogens is 1. The summed E-state index contributed by atoms with van der Waals surface area (Å²) in [6, 6.07) is 0. The number of rotatable bonds is 3. The molecule has 0 aromatic carbocycles. The number of hydrogen-bond acceptors (Lipinski definition) is 1. The molecule has 0 radical (unpaired) electrons. The largest absolute Gasteiger partial charge is 0.278 e. The predicted molar refractivity (Wildman–Crippen MR) is 52.6 cm³/mol. The molecule has 1 heterocycles. The Morgan fingerprint density at radius 3 is 3.00 bits per heavy atom. The second kappa shape index (κ2) is 4.54. The van der Waals surface area contributed by atoms with Crippen LogP contribution in [0.15, 0.2) is 18.3 Å². The van der Waals surface area contributed by atoms with Crippen molar-refractivity contribution in [1.82, 2.24) is 10.2 Å². The Kier molecular flexibility index (Phi) is 3.33. The topological polar surface area (TPSA) is 28.7 Å². The van der Waals surface area contributed by atoms with Crippen molar-refractivity contribution in [1.29, 1.82) is 0 Å². The van der Waals surface area contributed by atoms with Crippen LogP contribution in [0.3, 0.4) is 0 Å². The molecule has 2 nitrogen and oxygen atoms in total. The Hall–Kier alpha value is -1.31. The van der Waals surface area contributed by atoms with Gasteiger partial charge in [0.2, 0.25) is 0 Å². The lowest BCUT2D eigenvalue weighted by atomic mass is 10.2. The molecule has 1 N–H and O–H groups in total. The molecule has 0 saturated heterocycles. The van der Waals surface area contributed by atoms with Gasteiger partial charge in [-0.25, -0.2) is 0 Å². The molecule has 2 heteroatoms. The van der Waals surface area contributed by atoms with E-state index in [4.69, 9.17) is 0 Å². The molecule has 0 aliphatic carbocycles. The van der Waals surface area contributed by atoms with E-state index in [0.29, 0.717) is 0 Å². The minimum atomic E-state index is 1.05. The normalized spacial score (nSPS) is 11.8. The average Bonchev–Trinajstić information content (AvgIpc) is 2.50. The van der Waals surface area contributed by atoms with Crippen molar-refractivity contribution in [3.8, 4) is 0 Å². The van der Waals surface area contributed by atoms with Crippen LogP contribution in [0.2, 0.25) is 0 Å². The monoisotopic (exact) mass is 162 g/mol. The lowest BCUT2D eigenvalue weighted by Crippen LogP contribution is -1.74. The predicted octanol–water partition coefficient (Wildman–Crippen LogP) is 2.87. The third-order valence-corrected chi connectivity index (χ3v) is 1.57. The molecule has 0 unspecified atom stereocenters. The van der Waals surface area contributed by atoms with Gasteiger partial charge in [-0.3, -0.25) is 5.10 Å². The van der Waals surface area contributed by atoms with Crippen LogP contribution in [0.4, 0.5) is 0 Å². The Bertz CT molecular complexity index is 282. The summed E-state index contributed by atoms with van der Waals surface area (Å²) in [5, 5.41) is 6.90. The van der Waals surface area contributed by atoms with Gasteiger partial charge >= 0.3 is 0 Å². The quantitative estimate of drug-likeness (QED) is 0.727. The van der Waals surface area contributed by atoms with Crippen LogP contribution >= 0.6 is 0 Å². The first-order valence-electron chi connectivity index (χ1n) is 4.21. The van der Waals surface area contributed by atoms with Gasteiger partial charge in [-0.05, 0) is 19.4 Å². The number of nitrogens with one attached hydrogen (secondary N) is 1. The molecule has 0 fully saturated rings. The maximum absolute atomic E-state index is 3.97. The van der Waals surface area contributed by atoms with E-state index in [1.54, 1.807) is 0 Å². The molecule has 0 spiro atoms. The summed E-state index contributed by atoms with van der Waals surface area (Å²) in [5.74, 6) is 0. The first-order chi connectivity index (χ1) is 5.88. The minimum Gasteiger partial charge on any atom is -0.278 e. The van der Waals surface area contributed by atoms with Gasteiger partial charge in [0.15, 0.2) is 0 Å². The number of aromatic amines is 1. The molecule has 1 rings (SSSR count). The molecule has 64 valence electrons. The summed E-state index contributed by atoms with van der Waals surface area (Å²) < 4.78 is 0. The standard InChI is InChI=1S/C10H14N2/c1-3-5-7-10-9(6-4-2)8-11-12-10/h4-8H,3H2,1-2H3,(H,11,12)/b6-4-,7-5-. The van der Waals surface area contributed by atoms with Gasteiger partial charge in [-0.15, -0.1) is 0 Å². The fraction of sp³-hybridized carbons (Fsp3) is 0.300. The first-order valence-corrected chi connectivity index (χ1v) is 4.21. The second-order valence-corrected chi connectivity index (χ2v) is 2.55. The van der Waals surface area contributed by atoms with E-state index >= 15 is 0 Å². The zero-order valence-electron chi connectivity index (χ0n) is 7.54. The van der Waals surface area contributed by atoms with E-state index in [-0.39, 0.29) is 0 Å². The number of allylic oxidation sites excluding steroid dienone is 2. The van der Waals surface area contributed by atoms with Gasteiger partial charge in [0.05, 0.1) is 11.9 Å². The van der Waals surface area contributed by atoms with Gasteiger partial charge in [0.25, 0.3) is 0 Å². The highest BCUT2D eigenvalue weighted by atomic mass is 15.1. The zero-order chi connectivity index (χ0) is 8.81. The number of hydrogen-bond donors (Lipinski definition) is 1. The molecule has 1 aromatic rings. The lowest BCUT2D eigenvalue weighted by molar-refractivity contribution is 1.08. The maximum atomic E-state index is 3.97. The molecule has 0 aliphatic heterocycles. The van der Waals surface area contributed by atoms with E-state index in [1.165, 1.54) is 0 Å². The Balaban J connectivity index is 2.83. The molecule has 1 aromatic heterocycles. The molecule has 12 heavy (non-hydrogen) atoms. The van der Waals surface area contributed by atoms with Gasteiger partial charge in [-0.2, -0.15) is 5.10 Å². The van der Waals surface area contributed by atoms with Crippen LogP contribution in [0.5, 0.6) is 0 Å². The summed E-state index contributed by atoms with van der Waals surface area (Å²) in [6.07, 6.45) is 11.1. The smallest absolute Gasteiger partial charge is 0.0647 e. The molecule has 0 saturated carbocycles. The highest BCUT2D eigenvalue weighted by Crippen LogP contribution is 2.08. The Labute approximate surface area is 73.0 Å². The van der Waals surface area contributed by atoms with Crippen molar-refractivity contribution < 1.29 is 0 Å². The highest BCUT2D eigenvalue weighted by Gasteiger charge is 1.95. The lowest BCUT2D eigenvalue weighted by Gasteiger charge is -1.88. The Morgan fingerprint density at radius 2 is 2.33 bits per heavy atom. The van der Waals surface area contributed by atoms with Crippen LogP contribution in [0, 0.1) is 0 Å². The molecular formula is C10H14N2. The maximum Gasteiger partial charge on any atom is 0.0647 e. The third-order valence-electron chi connectivity index (χ3n) is 1.57. The summed E-state index contributed by atoms with van der Waals surface area (Å²) >= 11 is 0. The average molecular weight is 162 g/mol. The van der Waals surface area contributed by atoms with E-state index in [0.717, 1.165) is 17.7 Å². The van der Waals surface area contributed by atoms with Crippen molar-refractivity contribution in [2.75, 3.05) is 0 Å². The fourth-order valence-electron chi connectivity index (χ4n) is 0.987. The highest BCUT2D eigenvalue weighted by molar-refractivity contribution is 5.61. The van der Waals surface area contributed by atoms with E-state index < -0.39 is 0 Å². The van der Waals surface area contributed by atoms with Crippen LogP contribution in [-0.2, 0) is 0 Å². The zero-order valence-corrected chi connectivity index (χ0v) is 7.54. The summed E-state index contributed by atoms with van der Waals surface area (Å²) in [5.41, 5.74) is 2.22. The van der Waals surface area contributed by atoms with Crippen molar-refractivity contribution in [3.63, 3.8) is 0 Å². The number of aromatic nitrogens is 2. The summed E-state index contributed by atoms with van der Waals surface area (Å²) in [4.78, 5) is 0. The second-order valence-electron chi connectivity index (χ2n) is 2.55. The van der Waals surface area contributed by atoms with Crippen LogP contribution < -0.4 is 0 Å². The van der Waals surface area contributed by atoms with E-state index in [1.807, 2.05) is 25.3 Å². The molecule has 0 amide bonds. The van der Waals surface area contributed by atoms with Crippen molar-refractivity contribution in [2.24, 2.45) is 0 Å². The van der Waals surface area contributed by atoms with Gasteiger partial charge in [0.1, 0.15) is 0 Å². The fourth-order valence-corrected chi connectivity index (χ4v) is 0.987. The SMILES string of the molecule is C/C=C\c1cn[nH]c1/C=C\CC.